The second-order valence-electron chi connectivity index (χ2n) is 7.94. The zero-order chi connectivity index (χ0) is 15.3. The van der Waals surface area contributed by atoms with Crippen LogP contribution in [0.15, 0.2) is 0 Å². The van der Waals surface area contributed by atoms with Gasteiger partial charge in [-0.2, -0.15) is 0 Å². The first kappa shape index (κ1) is 17.2. The van der Waals surface area contributed by atoms with E-state index in [2.05, 4.69) is 31.0 Å². The second-order valence-corrected chi connectivity index (χ2v) is 7.94. The van der Waals surface area contributed by atoms with Gasteiger partial charge in [0.15, 0.2) is 0 Å². The van der Waals surface area contributed by atoms with E-state index in [1.54, 1.807) is 0 Å². The van der Waals surface area contributed by atoms with E-state index in [4.69, 9.17) is 4.74 Å². The van der Waals surface area contributed by atoms with Crippen LogP contribution in [0.4, 0.5) is 0 Å². The number of nitrogens with zero attached hydrogens (tertiary/aromatic N) is 1. The van der Waals surface area contributed by atoms with Crippen molar-refractivity contribution in [2.75, 3.05) is 26.8 Å². The van der Waals surface area contributed by atoms with Crippen molar-refractivity contribution in [1.29, 1.82) is 0 Å². The van der Waals surface area contributed by atoms with E-state index in [1.807, 2.05) is 7.11 Å². The van der Waals surface area contributed by atoms with Crippen molar-refractivity contribution in [2.24, 2.45) is 5.41 Å². The largest absolute Gasteiger partial charge is 0.385 e. The first-order chi connectivity index (χ1) is 10.1. The highest BCUT2D eigenvalue weighted by Crippen LogP contribution is 2.37. The molecule has 1 N–H and O–H groups in total. The fraction of sp³-hybridized carbons (Fsp3) is 1.00. The summed E-state index contributed by atoms with van der Waals surface area (Å²) in [6.07, 6.45) is 9.37. The Bertz CT molecular complexity index is 292. The Morgan fingerprint density at radius 3 is 2.43 bits per heavy atom. The van der Waals surface area contributed by atoms with Crippen molar-refractivity contribution >= 4 is 0 Å². The molecule has 2 aliphatic rings. The number of rotatable bonds is 8. The number of methoxy groups -OCH3 is 1. The van der Waals surface area contributed by atoms with E-state index in [9.17, 15) is 0 Å². The molecule has 0 aliphatic carbocycles. The summed E-state index contributed by atoms with van der Waals surface area (Å²) in [6, 6.07) is 2.39. The van der Waals surface area contributed by atoms with Crippen molar-refractivity contribution in [3.05, 3.63) is 0 Å². The van der Waals surface area contributed by atoms with Crippen LogP contribution in [0.3, 0.4) is 0 Å². The van der Waals surface area contributed by atoms with Crippen LogP contribution in [0.5, 0.6) is 0 Å². The number of piperidine rings is 2. The van der Waals surface area contributed by atoms with Crippen LogP contribution >= 0.6 is 0 Å². The van der Waals surface area contributed by atoms with Crippen LogP contribution in [-0.2, 0) is 4.74 Å². The second kappa shape index (κ2) is 7.94. The van der Waals surface area contributed by atoms with Crippen molar-refractivity contribution in [3.8, 4) is 0 Å². The van der Waals surface area contributed by atoms with Gasteiger partial charge in [0.05, 0.1) is 0 Å². The molecule has 0 spiro atoms. The molecular weight excluding hydrogens is 260 g/mol. The molecule has 21 heavy (non-hydrogen) atoms. The highest BCUT2D eigenvalue weighted by Gasteiger charge is 2.39. The Morgan fingerprint density at radius 2 is 1.86 bits per heavy atom. The molecule has 2 fully saturated rings. The summed E-state index contributed by atoms with van der Waals surface area (Å²) < 4.78 is 5.29. The summed E-state index contributed by atoms with van der Waals surface area (Å²) >= 11 is 0. The number of hydrogen-bond donors (Lipinski definition) is 1. The minimum absolute atomic E-state index is 0.369. The van der Waals surface area contributed by atoms with Crippen molar-refractivity contribution in [1.82, 2.24) is 10.2 Å². The predicted molar refractivity (Wildman–Crippen MR) is 89.7 cm³/mol. The van der Waals surface area contributed by atoms with Crippen LogP contribution in [0.1, 0.15) is 65.7 Å². The lowest BCUT2D eigenvalue weighted by Crippen LogP contribution is -2.58. The van der Waals surface area contributed by atoms with Crippen LogP contribution in [0, 0.1) is 5.41 Å². The summed E-state index contributed by atoms with van der Waals surface area (Å²) in [4.78, 5) is 2.85. The van der Waals surface area contributed by atoms with Gasteiger partial charge < -0.3 is 10.1 Å². The highest BCUT2D eigenvalue weighted by atomic mass is 16.5. The van der Waals surface area contributed by atoms with E-state index >= 15 is 0 Å². The molecule has 124 valence electrons. The van der Waals surface area contributed by atoms with Gasteiger partial charge in [-0.1, -0.05) is 27.2 Å². The van der Waals surface area contributed by atoms with Crippen molar-refractivity contribution in [2.45, 2.75) is 83.8 Å². The topological polar surface area (TPSA) is 24.5 Å². The number of fused-ring (bicyclic) bond motifs is 2. The molecule has 2 saturated heterocycles. The van der Waals surface area contributed by atoms with Gasteiger partial charge in [0, 0.05) is 38.4 Å². The van der Waals surface area contributed by atoms with Crippen molar-refractivity contribution < 1.29 is 4.74 Å². The number of hydrogen-bond acceptors (Lipinski definition) is 3. The van der Waals surface area contributed by atoms with Crippen LogP contribution in [0.2, 0.25) is 0 Å². The van der Waals surface area contributed by atoms with Gasteiger partial charge in [0.2, 0.25) is 0 Å². The molecule has 0 saturated carbocycles. The van der Waals surface area contributed by atoms with Gasteiger partial charge in [-0.15, -0.1) is 0 Å². The molecule has 0 aromatic heterocycles. The molecule has 3 nitrogen and oxygen atoms in total. The summed E-state index contributed by atoms with van der Waals surface area (Å²) in [5.41, 5.74) is 0.369. The Hall–Kier alpha value is -0.120. The zero-order valence-electron chi connectivity index (χ0n) is 14.7. The van der Waals surface area contributed by atoms with E-state index in [0.29, 0.717) is 5.41 Å². The maximum atomic E-state index is 5.29. The summed E-state index contributed by atoms with van der Waals surface area (Å²) in [6.45, 7) is 10.4. The maximum Gasteiger partial charge on any atom is 0.0467 e. The highest BCUT2D eigenvalue weighted by molar-refractivity contribution is 4.96. The molecule has 2 aliphatic heterocycles. The molecule has 0 aromatic carbocycles. The molecule has 0 radical (unpaired) electrons. The van der Waals surface area contributed by atoms with E-state index in [0.717, 1.165) is 31.2 Å². The molecule has 2 rings (SSSR count). The van der Waals surface area contributed by atoms with E-state index in [-0.39, 0.29) is 0 Å². The van der Waals surface area contributed by atoms with E-state index < -0.39 is 0 Å². The third-order valence-electron chi connectivity index (χ3n) is 5.40. The number of ether oxygens (including phenoxy) is 1. The Labute approximate surface area is 131 Å². The first-order valence-electron chi connectivity index (χ1n) is 9.04. The molecule has 2 heterocycles. The molecule has 3 heteroatoms. The summed E-state index contributed by atoms with van der Waals surface area (Å²) in [7, 11) is 1.82. The molecule has 2 unspecified atom stereocenters. The average Bonchev–Trinajstić information content (AvgIpc) is 2.43. The average molecular weight is 296 g/mol. The lowest BCUT2D eigenvalue weighted by molar-refractivity contribution is -0.00857. The van der Waals surface area contributed by atoms with E-state index in [1.165, 1.54) is 51.6 Å². The predicted octanol–water partition coefficient (Wildman–Crippen LogP) is 3.43. The van der Waals surface area contributed by atoms with Gasteiger partial charge in [0.1, 0.15) is 0 Å². The third-order valence-corrected chi connectivity index (χ3v) is 5.40. The molecule has 0 amide bonds. The van der Waals surface area contributed by atoms with Crippen LogP contribution in [-0.4, -0.2) is 49.8 Å². The number of nitrogens with one attached hydrogen (secondary N) is 1. The normalized spacial score (nSPS) is 30.6. The fourth-order valence-electron chi connectivity index (χ4n) is 4.20. The zero-order valence-corrected chi connectivity index (χ0v) is 14.7. The van der Waals surface area contributed by atoms with Gasteiger partial charge in [-0.25, -0.2) is 0 Å². The Morgan fingerprint density at radius 1 is 1.19 bits per heavy atom. The quantitative estimate of drug-likeness (QED) is 0.742. The lowest BCUT2D eigenvalue weighted by Gasteiger charge is -2.51. The van der Waals surface area contributed by atoms with Gasteiger partial charge >= 0.3 is 0 Å². The van der Waals surface area contributed by atoms with Crippen LogP contribution < -0.4 is 5.32 Å². The third kappa shape index (κ3) is 4.94. The standard InChI is InChI=1S/C18H36N2O/c1-5-10-19-15-12-16-7-6-8-17(13-15)20(16)14-18(2,3)9-11-21-4/h15-17,19H,5-14H2,1-4H3. The minimum atomic E-state index is 0.369. The molecular formula is C18H36N2O. The fourth-order valence-corrected chi connectivity index (χ4v) is 4.20. The summed E-state index contributed by atoms with van der Waals surface area (Å²) in [5, 5.41) is 3.77. The van der Waals surface area contributed by atoms with Gasteiger partial charge in [0.25, 0.3) is 0 Å². The first-order valence-corrected chi connectivity index (χ1v) is 9.04. The lowest BCUT2D eigenvalue weighted by atomic mass is 9.79. The van der Waals surface area contributed by atoms with Gasteiger partial charge in [-0.3, -0.25) is 4.90 Å². The Balaban J connectivity index is 1.91. The smallest absolute Gasteiger partial charge is 0.0467 e. The molecule has 2 bridgehead atoms. The minimum Gasteiger partial charge on any atom is -0.385 e. The molecule has 0 aromatic rings. The monoisotopic (exact) mass is 296 g/mol. The molecule has 2 atom stereocenters. The Kier molecular flexibility index (Phi) is 6.51. The maximum absolute atomic E-state index is 5.29. The van der Waals surface area contributed by atoms with Gasteiger partial charge in [-0.05, 0) is 50.5 Å². The summed E-state index contributed by atoms with van der Waals surface area (Å²) in [5.74, 6) is 0. The van der Waals surface area contributed by atoms with Crippen LogP contribution in [0.25, 0.3) is 0 Å². The SMILES string of the molecule is CCCNC1CC2CCCC(C1)N2CC(C)(C)CCOC. The van der Waals surface area contributed by atoms with Crippen molar-refractivity contribution in [3.63, 3.8) is 0 Å².